The van der Waals surface area contributed by atoms with Crippen LogP contribution in [-0.4, -0.2) is 29.9 Å². The van der Waals surface area contributed by atoms with Crippen molar-refractivity contribution in [2.75, 3.05) is 0 Å². The van der Waals surface area contributed by atoms with Gasteiger partial charge in [-0.2, -0.15) is 4.31 Å². The smallest absolute Gasteiger partial charge is 0.261 e. The van der Waals surface area contributed by atoms with Gasteiger partial charge in [0.25, 0.3) is 5.91 Å². The number of nitrogens with zero attached hydrogens (tertiary/aromatic N) is 1. The van der Waals surface area contributed by atoms with E-state index < -0.39 is 22.0 Å². The van der Waals surface area contributed by atoms with Crippen molar-refractivity contribution in [3.05, 3.63) is 64.6 Å². The second-order valence-corrected chi connectivity index (χ2v) is 9.42. The third-order valence-electron chi connectivity index (χ3n) is 4.06. The molecule has 2 N–H and O–H groups in total. The Morgan fingerprint density at radius 1 is 1.11 bits per heavy atom. The Morgan fingerprint density at radius 3 is 2.22 bits per heavy atom. The fraction of sp³-hybridized carbons (Fsp3) is 0.316. The topological polar surface area (TPSA) is 86.7 Å². The molecule has 0 unspecified atom stereocenters. The van der Waals surface area contributed by atoms with E-state index in [0.717, 1.165) is 14.3 Å². The number of halogens is 1. The number of amides is 1. The van der Waals surface area contributed by atoms with Crippen LogP contribution in [0.25, 0.3) is 0 Å². The number of carbonyl (C=O) groups is 1. The van der Waals surface area contributed by atoms with Crippen LogP contribution in [-0.2, 0) is 21.4 Å². The molecule has 8 heteroatoms. The summed E-state index contributed by atoms with van der Waals surface area (Å²) < 4.78 is 28.6. The molecule has 0 heterocycles. The van der Waals surface area contributed by atoms with Gasteiger partial charge in [-0.3, -0.25) is 10.0 Å². The number of hydrogen-bond donors (Lipinski definition) is 2. The standard InChI is InChI=1S/C19H23BrN2O4S/c1-14(2)12-18(19(23)21-24)22(13-15-6-4-3-5-7-15)27(25,26)17-10-8-16(20)9-11-17/h3-11,14,18,24H,12-13H2,1-2H3,(H,21,23)/t18-/m1/s1. The van der Waals surface area contributed by atoms with Crippen LogP contribution >= 0.6 is 15.9 Å². The van der Waals surface area contributed by atoms with E-state index in [-0.39, 0.29) is 23.8 Å². The molecule has 6 nitrogen and oxygen atoms in total. The second kappa shape index (κ2) is 9.45. The lowest BCUT2D eigenvalue weighted by molar-refractivity contribution is -0.133. The van der Waals surface area contributed by atoms with Crippen molar-refractivity contribution in [3.63, 3.8) is 0 Å². The Balaban J connectivity index is 2.53. The molecule has 0 aromatic heterocycles. The molecule has 146 valence electrons. The van der Waals surface area contributed by atoms with E-state index >= 15 is 0 Å². The van der Waals surface area contributed by atoms with Gasteiger partial charge in [0.1, 0.15) is 6.04 Å². The van der Waals surface area contributed by atoms with Crippen LogP contribution in [0.1, 0.15) is 25.8 Å². The average Bonchev–Trinajstić information content (AvgIpc) is 2.64. The van der Waals surface area contributed by atoms with Gasteiger partial charge in [-0.05, 0) is 42.2 Å². The Kier molecular flexibility index (Phi) is 7.55. The summed E-state index contributed by atoms with van der Waals surface area (Å²) in [4.78, 5) is 12.4. The van der Waals surface area contributed by atoms with E-state index in [4.69, 9.17) is 0 Å². The highest BCUT2D eigenvalue weighted by Crippen LogP contribution is 2.25. The number of benzene rings is 2. The minimum Gasteiger partial charge on any atom is -0.289 e. The molecule has 0 radical (unpaired) electrons. The molecule has 2 aromatic carbocycles. The van der Waals surface area contributed by atoms with Crippen LogP contribution < -0.4 is 5.48 Å². The first kappa shape index (κ1) is 21.6. The summed E-state index contributed by atoms with van der Waals surface area (Å²) >= 11 is 3.29. The minimum atomic E-state index is -3.98. The molecule has 0 saturated carbocycles. The zero-order valence-corrected chi connectivity index (χ0v) is 17.6. The molecule has 0 spiro atoms. The van der Waals surface area contributed by atoms with E-state index in [0.29, 0.717) is 0 Å². The van der Waals surface area contributed by atoms with Gasteiger partial charge >= 0.3 is 0 Å². The molecule has 0 aliphatic rings. The normalized spacial score (nSPS) is 13.0. The van der Waals surface area contributed by atoms with Gasteiger partial charge in [0, 0.05) is 11.0 Å². The van der Waals surface area contributed by atoms with Gasteiger partial charge in [-0.25, -0.2) is 13.9 Å². The molecular weight excluding hydrogens is 432 g/mol. The lowest BCUT2D eigenvalue weighted by atomic mass is 10.0. The molecule has 0 fully saturated rings. The summed E-state index contributed by atoms with van der Waals surface area (Å²) in [6, 6.07) is 14.3. The van der Waals surface area contributed by atoms with Crippen LogP contribution in [0.2, 0.25) is 0 Å². The van der Waals surface area contributed by atoms with E-state index in [1.807, 2.05) is 32.0 Å². The van der Waals surface area contributed by atoms with Crippen LogP contribution in [0, 0.1) is 5.92 Å². The van der Waals surface area contributed by atoms with Gasteiger partial charge in [0.05, 0.1) is 4.90 Å². The number of hydrogen-bond acceptors (Lipinski definition) is 4. The summed E-state index contributed by atoms with van der Waals surface area (Å²) in [7, 11) is -3.98. The maximum absolute atomic E-state index is 13.3. The Hall–Kier alpha value is -1.74. The number of rotatable bonds is 8. The Bertz CT molecular complexity index is 855. The lowest BCUT2D eigenvalue weighted by Crippen LogP contribution is -2.49. The molecule has 2 rings (SSSR count). The van der Waals surface area contributed by atoms with Crippen molar-refractivity contribution in [1.29, 1.82) is 0 Å². The Labute approximate surface area is 168 Å². The summed E-state index contributed by atoms with van der Waals surface area (Å²) in [5.74, 6) is -0.703. The fourth-order valence-corrected chi connectivity index (χ4v) is 4.60. The molecule has 0 bridgehead atoms. The van der Waals surface area contributed by atoms with Crippen LogP contribution in [0.5, 0.6) is 0 Å². The van der Waals surface area contributed by atoms with Crippen molar-refractivity contribution >= 4 is 31.9 Å². The molecular formula is C19H23BrN2O4S. The molecule has 0 saturated heterocycles. The van der Waals surface area contributed by atoms with Crippen molar-refractivity contribution in [2.24, 2.45) is 5.92 Å². The second-order valence-electron chi connectivity index (χ2n) is 6.61. The summed E-state index contributed by atoms with van der Waals surface area (Å²) in [6.07, 6.45) is 0.273. The van der Waals surface area contributed by atoms with Gasteiger partial charge in [-0.15, -0.1) is 0 Å². The van der Waals surface area contributed by atoms with E-state index in [9.17, 15) is 18.4 Å². The third-order valence-corrected chi connectivity index (χ3v) is 6.45. The largest absolute Gasteiger partial charge is 0.289 e. The zero-order valence-electron chi connectivity index (χ0n) is 15.2. The van der Waals surface area contributed by atoms with Gasteiger partial charge in [0.2, 0.25) is 10.0 Å². The lowest BCUT2D eigenvalue weighted by Gasteiger charge is -2.30. The first-order chi connectivity index (χ1) is 12.8. The highest BCUT2D eigenvalue weighted by molar-refractivity contribution is 9.10. The predicted octanol–water partition coefficient (Wildman–Crippen LogP) is 3.56. The van der Waals surface area contributed by atoms with Gasteiger partial charge in [0.15, 0.2) is 0 Å². The molecule has 0 aliphatic carbocycles. The van der Waals surface area contributed by atoms with E-state index in [2.05, 4.69) is 15.9 Å². The van der Waals surface area contributed by atoms with Crippen LogP contribution in [0.15, 0.2) is 64.0 Å². The Morgan fingerprint density at radius 2 is 1.70 bits per heavy atom. The van der Waals surface area contributed by atoms with Crippen LogP contribution in [0.3, 0.4) is 0 Å². The molecule has 1 atom stereocenters. The van der Waals surface area contributed by atoms with Crippen molar-refractivity contribution in [3.8, 4) is 0 Å². The molecule has 1 amide bonds. The first-order valence-corrected chi connectivity index (χ1v) is 10.7. The SMILES string of the molecule is CC(C)C[C@H](C(=O)NO)N(Cc1ccccc1)S(=O)(=O)c1ccc(Br)cc1. The predicted molar refractivity (Wildman–Crippen MR) is 106 cm³/mol. The maximum atomic E-state index is 13.3. The van der Waals surface area contributed by atoms with E-state index in [1.165, 1.54) is 12.1 Å². The summed E-state index contributed by atoms with van der Waals surface area (Å²) in [5.41, 5.74) is 2.36. The highest BCUT2D eigenvalue weighted by Gasteiger charge is 2.36. The van der Waals surface area contributed by atoms with Crippen LogP contribution in [0.4, 0.5) is 0 Å². The fourth-order valence-electron chi connectivity index (χ4n) is 2.74. The quantitative estimate of drug-likeness (QED) is 0.471. The minimum absolute atomic E-state index is 0.0179. The van der Waals surface area contributed by atoms with Gasteiger partial charge in [-0.1, -0.05) is 60.1 Å². The first-order valence-electron chi connectivity index (χ1n) is 8.51. The van der Waals surface area contributed by atoms with Crippen molar-refractivity contribution in [1.82, 2.24) is 9.79 Å². The molecule has 27 heavy (non-hydrogen) atoms. The molecule has 2 aromatic rings. The number of carbonyl (C=O) groups excluding carboxylic acids is 1. The monoisotopic (exact) mass is 454 g/mol. The van der Waals surface area contributed by atoms with Crippen molar-refractivity contribution < 1.29 is 18.4 Å². The maximum Gasteiger partial charge on any atom is 0.261 e. The summed E-state index contributed by atoms with van der Waals surface area (Å²) in [6.45, 7) is 3.80. The molecule has 0 aliphatic heterocycles. The van der Waals surface area contributed by atoms with E-state index in [1.54, 1.807) is 29.7 Å². The third kappa shape index (κ3) is 5.62. The average molecular weight is 455 g/mol. The number of nitrogens with one attached hydrogen (secondary N) is 1. The number of hydroxylamine groups is 1. The zero-order chi connectivity index (χ0) is 20.0. The number of sulfonamides is 1. The summed E-state index contributed by atoms with van der Waals surface area (Å²) in [5, 5.41) is 9.18. The highest BCUT2D eigenvalue weighted by atomic mass is 79.9. The van der Waals surface area contributed by atoms with Gasteiger partial charge < -0.3 is 0 Å². The van der Waals surface area contributed by atoms with Crippen molar-refractivity contribution in [2.45, 2.75) is 37.8 Å².